The second-order valence-electron chi connectivity index (χ2n) is 3.85. The van der Waals surface area contributed by atoms with E-state index in [0.717, 1.165) is 12.8 Å². The van der Waals surface area contributed by atoms with Crippen LogP contribution in [0.1, 0.15) is 24.6 Å². The molecular formula is C11H15FN2O. The third-order valence-electron chi connectivity index (χ3n) is 2.88. The number of rotatable bonds is 2. The fourth-order valence-corrected chi connectivity index (χ4v) is 1.94. The predicted octanol–water partition coefficient (Wildman–Crippen LogP) is 1.65. The predicted molar refractivity (Wildman–Crippen MR) is 54.7 cm³/mol. The molecule has 2 heterocycles. The fourth-order valence-electron chi connectivity index (χ4n) is 1.94. The Labute approximate surface area is 88.5 Å². The molecule has 1 aliphatic heterocycles. The maximum Gasteiger partial charge on any atom is 0.146 e. The SMILES string of the molecule is NC(c1ncccc1F)C1CCOCC1. The van der Waals surface area contributed by atoms with Crippen LogP contribution in [0, 0.1) is 11.7 Å². The standard InChI is InChI=1S/C11H15FN2O/c12-9-2-1-5-14-11(9)10(13)8-3-6-15-7-4-8/h1-2,5,8,10H,3-4,6-7,13H2. The number of nitrogens with zero attached hydrogens (tertiary/aromatic N) is 1. The van der Waals surface area contributed by atoms with Crippen molar-refractivity contribution in [3.63, 3.8) is 0 Å². The van der Waals surface area contributed by atoms with Gasteiger partial charge in [0.05, 0.1) is 11.7 Å². The van der Waals surface area contributed by atoms with E-state index in [4.69, 9.17) is 10.5 Å². The molecule has 2 rings (SSSR count). The van der Waals surface area contributed by atoms with Gasteiger partial charge in [-0.15, -0.1) is 0 Å². The molecule has 0 amide bonds. The number of ether oxygens (including phenoxy) is 1. The number of hydrogen-bond acceptors (Lipinski definition) is 3. The van der Waals surface area contributed by atoms with Gasteiger partial charge in [0, 0.05) is 19.4 Å². The molecule has 0 bridgehead atoms. The van der Waals surface area contributed by atoms with Crippen LogP contribution in [0.2, 0.25) is 0 Å². The Hall–Kier alpha value is -1.00. The summed E-state index contributed by atoms with van der Waals surface area (Å²) in [6, 6.07) is 2.67. The molecule has 0 radical (unpaired) electrons. The van der Waals surface area contributed by atoms with E-state index in [1.165, 1.54) is 6.07 Å². The van der Waals surface area contributed by atoms with Crippen molar-refractivity contribution in [2.45, 2.75) is 18.9 Å². The van der Waals surface area contributed by atoms with Crippen LogP contribution >= 0.6 is 0 Å². The van der Waals surface area contributed by atoms with Gasteiger partial charge in [-0.1, -0.05) is 0 Å². The first-order valence-electron chi connectivity index (χ1n) is 5.23. The number of hydrogen-bond donors (Lipinski definition) is 1. The van der Waals surface area contributed by atoms with Crippen LogP contribution in [-0.4, -0.2) is 18.2 Å². The Balaban J connectivity index is 2.12. The van der Waals surface area contributed by atoms with Gasteiger partial charge in [-0.25, -0.2) is 4.39 Å². The molecule has 1 aliphatic rings. The molecule has 15 heavy (non-hydrogen) atoms. The highest BCUT2D eigenvalue weighted by molar-refractivity contribution is 5.12. The third kappa shape index (κ3) is 2.33. The molecule has 1 unspecified atom stereocenters. The molecule has 1 aromatic heterocycles. The Kier molecular flexibility index (Phi) is 3.28. The van der Waals surface area contributed by atoms with E-state index in [1.807, 2.05) is 0 Å². The van der Waals surface area contributed by atoms with Crippen molar-refractivity contribution < 1.29 is 9.13 Å². The Morgan fingerprint density at radius 1 is 1.47 bits per heavy atom. The van der Waals surface area contributed by atoms with Crippen LogP contribution in [0.3, 0.4) is 0 Å². The molecule has 1 aromatic rings. The minimum Gasteiger partial charge on any atom is -0.381 e. The van der Waals surface area contributed by atoms with E-state index in [1.54, 1.807) is 12.3 Å². The van der Waals surface area contributed by atoms with Gasteiger partial charge >= 0.3 is 0 Å². The first kappa shape index (κ1) is 10.5. The van der Waals surface area contributed by atoms with Crippen molar-refractivity contribution in [3.8, 4) is 0 Å². The molecule has 4 heteroatoms. The van der Waals surface area contributed by atoms with Crippen molar-refractivity contribution in [3.05, 3.63) is 29.8 Å². The maximum atomic E-state index is 13.4. The average molecular weight is 210 g/mol. The second kappa shape index (κ2) is 4.68. The number of nitrogens with two attached hydrogens (primary N) is 1. The topological polar surface area (TPSA) is 48.1 Å². The largest absolute Gasteiger partial charge is 0.381 e. The van der Waals surface area contributed by atoms with Crippen LogP contribution in [0.4, 0.5) is 4.39 Å². The van der Waals surface area contributed by atoms with Crippen molar-refractivity contribution in [1.29, 1.82) is 0 Å². The summed E-state index contributed by atoms with van der Waals surface area (Å²) in [4.78, 5) is 4.01. The van der Waals surface area contributed by atoms with Gasteiger partial charge in [0.25, 0.3) is 0 Å². The summed E-state index contributed by atoms with van der Waals surface area (Å²) in [6.07, 6.45) is 3.35. The van der Waals surface area contributed by atoms with Crippen LogP contribution in [-0.2, 0) is 4.74 Å². The van der Waals surface area contributed by atoms with Gasteiger partial charge in [-0.05, 0) is 30.9 Å². The summed E-state index contributed by atoms with van der Waals surface area (Å²) in [5.74, 6) is -0.0281. The summed E-state index contributed by atoms with van der Waals surface area (Å²) in [5.41, 5.74) is 6.39. The summed E-state index contributed by atoms with van der Waals surface area (Å²) < 4.78 is 18.7. The van der Waals surface area contributed by atoms with E-state index in [0.29, 0.717) is 18.9 Å². The van der Waals surface area contributed by atoms with Crippen molar-refractivity contribution in [2.24, 2.45) is 11.7 Å². The molecular weight excluding hydrogens is 195 g/mol. The van der Waals surface area contributed by atoms with Crippen LogP contribution < -0.4 is 5.73 Å². The van der Waals surface area contributed by atoms with Crippen molar-refractivity contribution in [2.75, 3.05) is 13.2 Å². The lowest BCUT2D eigenvalue weighted by molar-refractivity contribution is 0.0575. The molecule has 2 N–H and O–H groups in total. The van der Waals surface area contributed by atoms with Gasteiger partial charge in [-0.2, -0.15) is 0 Å². The zero-order valence-corrected chi connectivity index (χ0v) is 8.53. The Bertz CT molecular complexity index is 326. The minimum absolute atomic E-state index is 0.281. The molecule has 0 aromatic carbocycles. The smallest absolute Gasteiger partial charge is 0.146 e. The minimum atomic E-state index is -0.310. The lowest BCUT2D eigenvalue weighted by Crippen LogP contribution is -2.28. The molecule has 0 aliphatic carbocycles. The van der Waals surface area contributed by atoms with E-state index >= 15 is 0 Å². The van der Waals surface area contributed by atoms with Gasteiger partial charge in [0.15, 0.2) is 0 Å². The molecule has 0 saturated carbocycles. The number of pyridine rings is 1. The number of aromatic nitrogens is 1. The van der Waals surface area contributed by atoms with Gasteiger partial charge in [0.2, 0.25) is 0 Å². The van der Waals surface area contributed by atoms with Gasteiger partial charge in [-0.3, -0.25) is 4.98 Å². The first-order chi connectivity index (χ1) is 7.29. The van der Waals surface area contributed by atoms with E-state index < -0.39 is 0 Å². The first-order valence-corrected chi connectivity index (χ1v) is 5.23. The highest BCUT2D eigenvalue weighted by Gasteiger charge is 2.25. The van der Waals surface area contributed by atoms with E-state index in [-0.39, 0.29) is 17.8 Å². The molecule has 1 atom stereocenters. The van der Waals surface area contributed by atoms with E-state index in [9.17, 15) is 4.39 Å². The lowest BCUT2D eigenvalue weighted by Gasteiger charge is -2.27. The molecule has 1 fully saturated rings. The Morgan fingerprint density at radius 3 is 2.87 bits per heavy atom. The Morgan fingerprint density at radius 2 is 2.20 bits per heavy atom. The summed E-state index contributed by atoms with van der Waals surface area (Å²) >= 11 is 0. The maximum absolute atomic E-state index is 13.4. The fraction of sp³-hybridized carbons (Fsp3) is 0.545. The highest BCUT2D eigenvalue weighted by Crippen LogP contribution is 2.27. The summed E-state index contributed by atoms with van der Waals surface area (Å²) in [6.45, 7) is 1.43. The zero-order chi connectivity index (χ0) is 10.7. The normalized spacial score (nSPS) is 20.1. The molecule has 0 spiro atoms. The average Bonchev–Trinajstić information content (AvgIpc) is 2.30. The molecule has 82 valence electrons. The van der Waals surface area contributed by atoms with E-state index in [2.05, 4.69) is 4.98 Å². The summed E-state index contributed by atoms with van der Waals surface area (Å²) in [5, 5.41) is 0. The van der Waals surface area contributed by atoms with Crippen LogP contribution in [0.5, 0.6) is 0 Å². The second-order valence-corrected chi connectivity index (χ2v) is 3.85. The highest BCUT2D eigenvalue weighted by atomic mass is 19.1. The molecule has 3 nitrogen and oxygen atoms in total. The monoisotopic (exact) mass is 210 g/mol. The summed E-state index contributed by atoms with van der Waals surface area (Å²) in [7, 11) is 0. The van der Waals surface area contributed by atoms with Crippen molar-refractivity contribution in [1.82, 2.24) is 4.98 Å². The van der Waals surface area contributed by atoms with Crippen LogP contribution in [0.25, 0.3) is 0 Å². The third-order valence-corrected chi connectivity index (χ3v) is 2.88. The van der Waals surface area contributed by atoms with Crippen LogP contribution in [0.15, 0.2) is 18.3 Å². The van der Waals surface area contributed by atoms with Crippen molar-refractivity contribution >= 4 is 0 Å². The number of halogens is 1. The zero-order valence-electron chi connectivity index (χ0n) is 8.53. The van der Waals surface area contributed by atoms with Gasteiger partial charge < -0.3 is 10.5 Å². The lowest BCUT2D eigenvalue weighted by atomic mass is 9.90. The van der Waals surface area contributed by atoms with Gasteiger partial charge in [0.1, 0.15) is 5.82 Å². The quantitative estimate of drug-likeness (QED) is 0.807. The molecule has 1 saturated heterocycles.